The first-order valence-electron chi connectivity index (χ1n) is 10.0. The summed E-state index contributed by atoms with van der Waals surface area (Å²) in [6.07, 6.45) is 5.04. The van der Waals surface area contributed by atoms with Gasteiger partial charge in [-0.2, -0.15) is 0 Å². The van der Waals surface area contributed by atoms with Crippen LogP contribution in [0.3, 0.4) is 0 Å². The minimum atomic E-state index is -0.0885. The fraction of sp³-hybridized carbons (Fsp3) is 0.455. The van der Waals surface area contributed by atoms with E-state index >= 15 is 0 Å². The van der Waals surface area contributed by atoms with Gasteiger partial charge >= 0.3 is 6.03 Å². The van der Waals surface area contributed by atoms with Crippen LogP contribution in [0.1, 0.15) is 44.6 Å². The Bertz CT molecular complexity index is 918. The number of amides is 2. The average molecular weight is 381 g/mol. The van der Waals surface area contributed by atoms with E-state index in [0.717, 1.165) is 35.3 Å². The zero-order valence-electron chi connectivity index (χ0n) is 16.4. The first-order valence-corrected chi connectivity index (χ1v) is 10.0. The molecule has 4 rings (SSSR count). The molecule has 148 valence electrons. The van der Waals surface area contributed by atoms with Crippen molar-refractivity contribution in [1.82, 2.24) is 15.4 Å². The van der Waals surface area contributed by atoms with Crippen LogP contribution in [0, 0.1) is 11.8 Å². The molecule has 2 amide bonds. The van der Waals surface area contributed by atoms with Crippen LogP contribution in [0.25, 0.3) is 11.0 Å². The summed E-state index contributed by atoms with van der Waals surface area (Å²) < 4.78 is 10.9. The molecule has 0 spiro atoms. The second-order valence-electron chi connectivity index (χ2n) is 7.83. The molecule has 1 aliphatic rings. The van der Waals surface area contributed by atoms with Gasteiger partial charge in [-0.1, -0.05) is 44.0 Å². The molecule has 6 nitrogen and oxygen atoms in total. The quantitative estimate of drug-likeness (QED) is 0.678. The minimum absolute atomic E-state index is 0.0885. The van der Waals surface area contributed by atoms with Gasteiger partial charge in [0.2, 0.25) is 0 Å². The number of fused-ring (bicyclic) bond motifs is 1. The Labute approximate surface area is 164 Å². The molecule has 1 aromatic carbocycles. The standard InChI is InChI=1S/C22H27N3O3/c1-15-7-5-10-20(16(15)2)25(14-17-8-6-12-27-17)22(26)23-13-19-18-9-3-4-11-21(18)28-24-19/h3-4,6,8-9,11-12,15-16,20H,5,7,10,13-14H2,1-2H3,(H,23,26)/t15-,16+,20-/m1/s1. The number of nitrogens with one attached hydrogen (secondary N) is 1. The molecule has 0 bridgehead atoms. The SMILES string of the molecule is C[C@H]1[C@H](C)CCC[C@H]1N(Cc1ccco1)C(=O)NCc1noc2ccccc12. The van der Waals surface area contributed by atoms with E-state index in [4.69, 9.17) is 8.94 Å². The zero-order chi connectivity index (χ0) is 19.5. The number of furan rings is 1. The Morgan fingerprint density at radius 2 is 2.07 bits per heavy atom. The van der Waals surface area contributed by atoms with Crippen LogP contribution in [0.15, 0.2) is 51.6 Å². The Morgan fingerprint density at radius 1 is 1.21 bits per heavy atom. The molecule has 28 heavy (non-hydrogen) atoms. The van der Waals surface area contributed by atoms with E-state index in [1.807, 2.05) is 41.3 Å². The highest BCUT2D eigenvalue weighted by Crippen LogP contribution is 2.33. The van der Waals surface area contributed by atoms with Gasteiger partial charge in [0.25, 0.3) is 0 Å². The van der Waals surface area contributed by atoms with Gasteiger partial charge in [-0.3, -0.25) is 0 Å². The number of urea groups is 1. The lowest BCUT2D eigenvalue weighted by Gasteiger charge is -2.41. The third-order valence-electron chi connectivity index (χ3n) is 6.09. The lowest BCUT2D eigenvalue weighted by molar-refractivity contribution is 0.0904. The Kier molecular flexibility index (Phi) is 5.37. The molecule has 3 atom stereocenters. The molecule has 2 aromatic heterocycles. The summed E-state index contributed by atoms with van der Waals surface area (Å²) >= 11 is 0. The van der Waals surface area contributed by atoms with E-state index in [1.165, 1.54) is 6.42 Å². The summed E-state index contributed by atoms with van der Waals surface area (Å²) in [5.74, 6) is 1.85. The van der Waals surface area contributed by atoms with Crippen molar-refractivity contribution >= 4 is 17.0 Å². The molecule has 0 radical (unpaired) electrons. The number of para-hydroxylation sites is 1. The molecule has 1 N–H and O–H groups in total. The summed E-state index contributed by atoms with van der Waals surface area (Å²) in [6, 6.07) is 11.6. The lowest BCUT2D eigenvalue weighted by Crippen LogP contribution is -2.50. The average Bonchev–Trinajstić information content (AvgIpc) is 3.36. The van der Waals surface area contributed by atoms with Gasteiger partial charge in [-0.05, 0) is 42.5 Å². The number of carbonyl (C=O) groups is 1. The molecular weight excluding hydrogens is 354 g/mol. The predicted molar refractivity (Wildman–Crippen MR) is 106 cm³/mol. The molecular formula is C22H27N3O3. The molecule has 1 aliphatic carbocycles. The van der Waals surface area contributed by atoms with Gasteiger partial charge in [0, 0.05) is 11.4 Å². The van der Waals surface area contributed by atoms with Crippen molar-refractivity contribution < 1.29 is 13.7 Å². The number of hydrogen-bond acceptors (Lipinski definition) is 4. The van der Waals surface area contributed by atoms with E-state index in [0.29, 0.717) is 24.9 Å². The van der Waals surface area contributed by atoms with Crippen LogP contribution in [-0.4, -0.2) is 22.1 Å². The van der Waals surface area contributed by atoms with Gasteiger partial charge < -0.3 is 19.2 Å². The zero-order valence-corrected chi connectivity index (χ0v) is 16.4. The molecule has 0 saturated heterocycles. The van der Waals surface area contributed by atoms with E-state index < -0.39 is 0 Å². The molecule has 0 unspecified atom stereocenters. The second kappa shape index (κ2) is 8.09. The Balaban J connectivity index is 1.50. The summed E-state index contributed by atoms with van der Waals surface area (Å²) in [7, 11) is 0. The van der Waals surface area contributed by atoms with Crippen molar-refractivity contribution in [1.29, 1.82) is 0 Å². The van der Waals surface area contributed by atoms with E-state index in [1.54, 1.807) is 6.26 Å². The maximum Gasteiger partial charge on any atom is 0.318 e. The van der Waals surface area contributed by atoms with Gasteiger partial charge in [0.05, 0.1) is 19.4 Å². The van der Waals surface area contributed by atoms with Crippen molar-refractivity contribution in [2.45, 2.75) is 52.2 Å². The topological polar surface area (TPSA) is 71.5 Å². The summed E-state index contributed by atoms with van der Waals surface area (Å²) in [5.41, 5.74) is 1.47. The maximum absolute atomic E-state index is 13.2. The van der Waals surface area contributed by atoms with Crippen LogP contribution in [0.4, 0.5) is 4.79 Å². The molecule has 0 aliphatic heterocycles. The highest BCUT2D eigenvalue weighted by Gasteiger charge is 2.34. The minimum Gasteiger partial charge on any atom is -0.467 e. The summed E-state index contributed by atoms with van der Waals surface area (Å²) in [6.45, 7) is 5.34. The second-order valence-corrected chi connectivity index (χ2v) is 7.83. The Hall–Kier alpha value is -2.76. The van der Waals surface area contributed by atoms with Gasteiger partial charge in [0.15, 0.2) is 5.58 Å². The fourth-order valence-corrected chi connectivity index (χ4v) is 4.23. The van der Waals surface area contributed by atoms with Gasteiger partial charge in [0.1, 0.15) is 11.5 Å². The Morgan fingerprint density at radius 3 is 2.89 bits per heavy atom. The van der Waals surface area contributed by atoms with Crippen LogP contribution >= 0.6 is 0 Å². The molecule has 1 saturated carbocycles. The van der Waals surface area contributed by atoms with E-state index in [2.05, 4.69) is 24.3 Å². The maximum atomic E-state index is 13.2. The van der Waals surface area contributed by atoms with Crippen molar-refractivity contribution in [3.05, 3.63) is 54.1 Å². The molecule has 3 aromatic rings. The van der Waals surface area contributed by atoms with Gasteiger partial charge in [-0.25, -0.2) is 4.79 Å². The van der Waals surface area contributed by atoms with Crippen LogP contribution in [0.5, 0.6) is 0 Å². The summed E-state index contributed by atoms with van der Waals surface area (Å²) in [5, 5.41) is 8.09. The molecule has 2 heterocycles. The van der Waals surface area contributed by atoms with Gasteiger partial charge in [-0.15, -0.1) is 0 Å². The van der Waals surface area contributed by atoms with Crippen LogP contribution < -0.4 is 5.32 Å². The van der Waals surface area contributed by atoms with Crippen molar-refractivity contribution in [2.24, 2.45) is 11.8 Å². The monoisotopic (exact) mass is 381 g/mol. The van der Waals surface area contributed by atoms with Crippen molar-refractivity contribution in [3.8, 4) is 0 Å². The number of hydrogen-bond donors (Lipinski definition) is 1. The number of rotatable bonds is 5. The van der Waals surface area contributed by atoms with Crippen molar-refractivity contribution in [2.75, 3.05) is 0 Å². The fourth-order valence-electron chi connectivity index (χ4n) is 4.23. The highest BCUT2D eigenvalue weighted by atomic mass is 16.5. The third kappa shape index (κ3) is 3.77. The summed E-state index contributed by atoms with van der Waals surface area (Å²) in [4.78, 5) is 15.1. The predicted octanol–water partition coefficient (Wildman–Crippen LogP) is 4.96. The third-order valence-corrected chi connectivity index (χ3v) is 6.09. The number of aromatic nitrogens is 1. The number of nitrogens with zero attached hydrogens (tertiary/aromatic N) is 2. The highest BCUT2D eigenvalue weighted by molar-refractivity contribution is 5.80. The number of carbonyl (C=O) groups excluding carboxylic acids is 1. The largest absolute Gasteiger partial charge is 0.467 e. The van der Waals surface area contributed by atoms with E-state index in [9.17, 15) is 4.79 Å². The first kappa shape index (κ1) is 18.6. The number of benzene rings is 1. The van der Waals surface area contributed by atoms with Crippen LogP contribution in [-0.2, 0) is 13.1 Å². The van der Waals surface area contributed by atoms with E-state index in [-0.39, 0.29) is 12.1 Å². The smallest absolute Gasteiger partial charge is 0.318 e. The van der Waals surface area contributed by atoms with Crippen molar-refractivity contribution in [3.63, 3.8) is 0 Å². The first-order chi connectivity index (χ1) is 13.6. The van der Waals surface area contributed by atoms with Crippen LogP contribution in [0.2, 0.25) is 0 Å². The molecule has 1 fully saturated rings. The normalized spacial score (nSPS) is 22.3. The molecule has 6 heteroatoms. The lowest BCUT2D eigenvalue weighted by atomic mass is 9.77.